The van der Waals surface area contributed by atoms with Gasteiger partial charge in [-0.3, -0.25) is 0 Å². The molecule has 0 bridgehead atoms. The Morgan fingerprint density at radius 3 is 2.90 bits per heavy atom. The van der Waals surface area contributed by atoms with Crippen molar-refractivity contribution >= 4 is 27.4 Å². The fraction of sp³-hybridized carbons (Fsp3) is 0.214. The fourth-order valence-electron chi connectivity index (χ4n) is 2.15. The van der Waals surface area contributed by atoms with Gasteiger partial charge in [0.25, 0.3) is 0 Å². The average Bonchev–Trinajstić information content (AvgIpc) is 3.03. The third-order valence-corrected chi connectivity index (χ3v) is 4.24. The predicted octanol–water partition coefficient (Wildman–Crippen LogP) is 2.58. The zero-order chi connectivity index (χ0) is 14.8. The molecular weight excluding hydrogens is 290 g/mol. The number of nitrogens with one attached hydrogen (secondary N) is 1. The van der Waals surface area contributed by atoms with E-state index in [-0.39, 0.29) is 0 Å². The summed E-state index contributed by atoms with van der Waals surface area (Å²) in [6.07, 6.45) is 0. The van der Waals surface area contributed by atoms with Crippen molar-refractivity contribution in [3.63, 3.8) is 0 Å². The van der Waals surface area contributed by atoms with Gasteiger partial charge in [-0.1, -0.05) is 23.4 Å². The summed E-state index contributed by atoms with van der Waals surface area (Å²) >= 11 is 1.29. The van der Waals surface area contributed by atoms with Crippen LogP contribution in [0.15, 0.2) is 28.8 Å². The molecule has 6 nitrogen and oxygen atoms in total. The van der Waals surface area contributed by atoms with Gasteiger partial charge < -0.3 is 14.9 Å². The molecule has 3 aromatic rings. The van der Waals surface area contributed by atoms with Gasteiger partial charge in [0.1, 0.15) is 4.88 Å². The molecular formula is C14H13N3O3S. The van der Waals surface area contributed by atoms with Crippen LogP contribution in [-0.2, 0) is 13.1 Å². The highest BCUT2D eigenvalue weighted by molar-refractivity contribution is 7.21. The van der Waals surface area contributed by atoms with Crippen LogP contribution in [0.2, 0.25) is 0 Å². The predicted molar refractivity (Wildman–Crippen MR) is 78.4 cm³/mol. The number of aromatic nitrogens is 2. The molecule has 0 aliphatic rings. The highest BCUT2D eigenvalue weighted by Gasteiger charge is 2.17. The normalized spacial score (nSPS) is 11.1. The van der Waals surface area contributed by atoms with Crippen LogP contribution in [0, 0.1) is 6.92 Å². The molecule has 3 rings (SSSR count). The lowest BCUT2D eigenvalue weighted by atomic mass is 10.1. The van der Waals surface area contributed by atoms with Crippen LogP contribution in [0.5, 0.6) is 0 Å². The molecule has 2 aromatic heterocycles. The molecule has 0 aliphatic heterocycles. The number of hydrogen-bond acceptors (Lipinski definition) is 6. The lowest BCUT2D eigenvalue weighted by Gasteiger charge is -2.03. The number of rotatable bonds is 5. The summed E-state index contributed by atoms with van der Waals surface area (Å²) in [4.78, 5) is 15.8. The number of carbonyl (C=O) groups is 1. The highest BCUT2D eigenvalue weighted by atomic mass is 32.1. The van der Waals surface area contributed by atoms with Crippen molar-refractivity contribution in [2.75, 3.05) is 0 Å². The SMILES string of the molecule is Cc1noc(CNCc2c(C(=O)O)sc3ccccc23)n1. The number of aryl methyl sites for hydroxylation is 1. The van der Waals surface area contributed by atoms with Crippen LogP contribution in [0.3, 0.4) is 0 Å². The van der Waals surface area contributed by atoms with Crippen LogP contribution in [0.4, 0.5) is 0 Å². The summed E-state index contributed by atoms with van der Waals surface area (Å²) in [5.41, 5.74) is 0.791. The lowest BCUT2D eigenvalue weighted by molar-refractivity contribution is 0.0701. The number of nitrogens with zero attached hydrogens (tertiary/aromatic N) is 2. The van der Waals surface area contributed by atoms with Crippen LogP contribution < -0.4 is 5.32 Å². The second-order valence-corrected chi connectivity index (χ2v) is 5.60. The number of carboxylic acid groups (broad SMARTS) is 1. The molecule has 0 aliphatic carbocycles. The van der Waals surface area contributed by atoms with Crippen LogP contribution in [-0.4, -0.2) is 21.2 Å². The van der Waals surface area contributed by atoms with Gasteiger partial charge in [0.05, 0.1) is 6.54 Å². The van der Waals surface area contributed by atoms with E-state index in [1.54, 1.807) is 6.92 Å². The number of benzene rings is 1. The monoisotopic (exact) mass is 303 g/mol. The summed E-state index contributed by atoms with van der Waals surface area (Å²) in [6.45, 7) is 2.60. The maximum Gasteiger partial charge on any atom is 0.346 e. The highest BCUT2D eigenvalue weighted by Crippen LogP contribution is 2.31. The summed E-state index contributed by atoms with van der Waals surface area (Å²) < 4.78 is 5.98. The summed E-state index contributed by atoms with van der Waals surface area (Å²) in [7, 11) is 0. The minimum Gasteiger partial charge on any atom is -0.477 e. The largest absolute Gasteiger partial charge is 0.477 e. The maximum atomic E-state index is 11.4. The van der Waals surface area contributed by atoms with Crippen molar-refractivity contribution < 1.29 is 14.4 Å². The molecule has 108 valence electrons. The van der Waals surface area contributed by atoms with Crippen LogP contribution in [0.1, 0.15) is 27.0 Å². The first-order valence-corrected chi connectivity index (χ1v) is 7.20. The first-order chi connectivity index (χ1) is 10.1. The van der Waals surface area contributed by atoms with E-state index in [1.807, 2.05) is 24.3 Å². The molecule has 7 heteroatoms. The third-order valence-electron chi connectivity index (χ3n) is 3.04. The smallest absolute Gasteiger partial charge is 0.346 e. The number of fused-ring (bicyclic) bond motifs is 1. The van der Waals surface area contributed by atoms with Crippen LogP contribution >= 0.6 is 11.3 Å². The van der Waals surface area contributed by atoms with E-state index < -0.39 is 5.97 Å². The Balaban J connectivity index is 1.82. The molecule has 0 amide bonds. The van der Waals surface area contributed by atoms with Crippen molar-refractivity contribution in [3.05, 3.63) is 46.4 Å². The Morgan fingerprint density at radius 2 is 2.19 bits per heavy atom. The van der Waals surface area contributed by atoms with Gasteiger partial charge in [-0.25, -0.2) is 4.79 Å². The van der Waals surface area contributed by atoms with Gasteiger partial charge in [-0.05, 0) is 23.9 Å². The van der Waals surface area contributed by atoms with E-state index >= 15 is 0 Å². The molecule has 0 fully saturated rings. The first-order valence-electron chi connectivity index (χ1n) is 6.39. The molecule has 0 radical (unpaired) electrons. The molecule has 0 atom stereocenters. The van der Waals surface area contributed by atoms with E-state index in [2.05, 4.69) is 15.5 Å². The molecule has 2 heterocycles. The van der Waals surface area contributed by atoms with E-state index in [1.165, 1.54) is 11.3 Å². The van der Waals surface area contributed by atoms with Crippen molar-refractivity contribution in [1.82, 2.24) is 15.5 Å². The van der Waals surface area contributed by atoms with Crippen LogP contribution in [0.25, 0.3) is 10.1 Å². The topological polar surface area (TPSA) is 88.2 Å². The Labute approximate surface area is 124 Å². The van der Waals surface area contributed by atoms with Crippen molar-refractivity contribution in [2.45, 2.75) is 20.0 Å². The molecule has 0 unspecified atom stereocenters. The Morgan fingerprint density at radius 1 is 1.38 bits per heavy atom. The summed E-state index contributed by atoms with van der Waals surface area (Å²) in [5.74, 6) is 0.171. The lowest BCUT2D eigenvalue weighted by Crippen LogP contribution is -2.14. The second-order valence-electron chi connectivity index (χ2n) is 4.55. The zero-order valence-corrected chi connectivity index (χ0v) is 12.1. The van der Waals surface area contributed by atoms with E-state index in [0.29, 0.717) is 29.7 Å². The van der Waals surface area contributed by atoms with Gasteiger partial charge in [-0.2, -0.15) is 4.98 Å². The van der Waals surface area contributed by atoms with Gasteiger partial charge in [0, 0.05) is 11.2 Å². The average molecular weight is 303 g/mol. The van der Waals surface area contributed by atoms with E-state index in [9.17, 15) is 9.90 Å². The van der Waals surface area contributed by atoms with Crippen molar-refractivity contribution in [1.29, 1.82) is 0 Å². The fourth-order valence-corrected chi connectivity index (χ4v) is 3.21. The Bertz CT molecular complexity index is 794. The van der Waals surface area contributed by atoms with Gasteiger partial charge >= 0.3 is 5.97 Å². The van der Waals surface area contributed by atoms with Gasteiger partial charge in [0.2, 0.25) is 5.89 Å². The minimum absolute atomic E-state index is 0.366. The number of aromatic carboxylic acids is 1. The maximum absolute atomic E-state index is 11.4. The second kappa shape index (κ2) is 5.63. The van der Waals surface area contributed by atoms with Crippen molar-refractivity contribution in [2.24, 2.45) is 0 Å². The summed E-state index contributed by atoms with van der Waals surface area (Å²) in [6, 6.07) is 7.68. The number of thiophene rings is 1. The van der Waals surface area contributed by atoms with E-state index in [0.717, 1.165) is 15.6 Å². The minimum atomic E-state index is -0.901. The number of carboxylic acids is 1. The molecule has 1 aromatic carbocycles. The molecule has 0 saturated carbocycles. The molecule has 2 N–H and O–H groups in total. The van der Waals surface area contributed by atoms with E-state index in [4.69, 9.17) is 4.52 Å². The summed E-state index contributed by atoms with van der Waals surface area (Å²) in [5, 5.41) is 17.2. The van der Waals surface area contributed by atoms with Gasteiger partial charge in [0.15, 0.2) is 5.82 Å². The molecule has 0 spiro atoms. The Kier molecular flexibility index (Phi) is 3.68. The van der Waals surface area contributed by atoms with Gasteiger partial charge in [-0.15, -0.1) is 11.3 Å². The number of hydrogen-bond donors (Lipinski definition) is 2. The van der Waals surface area contributed by atoms with Crippen molar-refractivity contribution in [3.8, 4) is 0 Å². The molecule has 21 heavy (non-hydrogen) atoms. The quantitative estimate of drug-likeness (QED) is 0.753. The molecule has 0 saturated heterocycles. The zero-order valence-electron chi connectivity index (χ0n) is 11.3. The first kappa shape index (κ1) is 13.7. The standard InChI is InChI=1S/C14H13N3O3S/c1-8-16-12(20-17-8)7-15-6-10-9-4-2-3-5-11(9)21-13(10)14(18)19/h2-5,15H,6-7H2,1H3,(H,18,19). The Hall–Kier alpha value is -2.25. The third kappa shape index (κ3) is 2.79.